The molecule has 2 aromatic heterocycles. The van der Waals surface area contributed by atoms with Crippen LogP contribution < -0.4 is 10.6 Å². The van der Waals surface area contributed by atoms with Gasteiger partial charge in [-0.2, -0.15) is 5.26 Å². The normalized spacial score (nSPS) is 9.71. The molecule has 0 aliphatic carbocycles. The van der Waals surface area contributed by atoms with E-state index in [9.17, 15) is 4.79 Å². The molecule has 0 bridgehead atoms. The maximum absolute atomic E-state index is 11.7. The fraction of sp³-hybridized carbons (Fsp3) is 0.214. The van der Waals surface area contributed by atoms with E-state index in [2.05, 4.69) is 25.6 Å². The van der Waals surface area contributed by atoms with Crippen molar-refractivity contribution in [2.24, 2.45) is 0 Å². The van der Waals surface area contributed by atoms with E-state index in [0.717, 1.165) is 5.56 Å². The van der Waals surface area contributed by atoms with Crippen molar-refractivity contribution in [1.82, 2.24) is 15.0 Å². The van der Waals surface area contributed by atoms with Crippen LogP contribution in [0.3, 0.4) is 0 Å². The van der Waals surface area contributed by atoms with E-state index in [-0.39, 0.29) is 18.0 Å². The van der Waals surface area contributed by atoms with Crippen LogP contribution in [-0.4, -0.2) is 27.4 Å². The summed E-state index contributed by atoms with van der Waals surface area (Å²) in [5.41, 5.74) is 1.24. The van der Waals surface area contributed by atoms with E-state index in [0.29, 0.717) is 18.2 Å². The van der Waals surface area contributed by atoms with Gasteiger partial charge in [0.15, 0.2) is 11.5 Å². The molecule has 0 radical (unpaired) electrons. The average Bonchev–Trinajstić information content (AvgIpc) is 2.50. The molecule has 2 rings (SSSR count). The maximum Gasteiger partial charge on any atom is 0.227 e. The summed E-state index contributed by atoms with van der Waals surface area (Å²) in [4.78, 5) is 23.7. The summed E-state index contributed by atoms with van der Waals surface area (Å²) < 4.78 is 0. The topological polar surface area (TPSA) is 104 Å². The standard InChI is InChI=1S/C14H14N6O/c1-10-2-3-12(19-9-10)20-13(21)4-5-17-14-11(8-15)16-6-7-18-14/h2-3,6-7,9H,4-5H2,1H3,(H,17,18)(H,19,20,21). The minimum Gasteiger partial charge on any atom is -0.367 e. The van der Waals surface area contributed by atoms with Crippen molar-refractivity contribution in [3.8, 4) is 6.07 Å². The zero-order valence-corrected chi connectivity index (χ0v) is 11.5. The third-order valence-corrected chi connectivity index (χ3v) is 2.63. The molecule has 0 atom stereocenters. The van der Waals surface area contributed by atoms with Crippen LogP contribution in [0.1, 0.15) is 17.7 Å². The van der Waals surface area contributed by atoms with Crippen molar-refractivity contribution in [3.05, 3.63) is 42.0 Å². The number of anilines is 2. The quantitative estimate of drug-likeness (QED) is 0.861. The number of rotatable bonds is 5. The molecule has 2 aromatic rings. The Morgan fingerprint density at radius 2 is 2.10 bits per heavy atom. The highest BCUT2D eigenvalue weighted by molar-refractivity contribution is 5.90. The van der Waals surface area contributed by atoms with Crippen LogP contribution >= 0.6 is 0 Å². The Morgan fingerprint density at radius 1 is 1.29 bits per heavy atom. The Balaban J connectivity index is 1.82. The number of nitrogens with one attached hydrogen (secondary N) is 2. The first kappa shape index (κ1) is 14.4. The third-order valence-electron chi connectivity index (χ3n) is 2.63. The first-order valence-corrected chi connectivity index (χ1v) is 6.36. The van der Waals surface area contributed by atoms with E-state index >= 15 is 0 Å². The Kier molecular flexibility index (Phi) is 4.77. The molecule has 0 fully saturated rings. The van der Waals surface area contributed by atoms with Gasteiger partial charge in [-0.25, -0.2) is 15.0 Å². The molecular weight excluding hydrogens is 268 g/mol. The minimum atomic E-state index is -0.166. The Morgan fingerprint density at radius 3 is 2.81 bits per heavy atom. The lowest BCUT2D eigenvalue weighted by Gasteiger charge is -2.07. The molecule has 0 aliphatic heterocycles. The molecule has 0 aliphatic rings. The van der Waals surface area contributed by atoms with E-state index in [4.69, 9.17) is 5.26 Å². The van der Waals surface area contributed by atoms with Gasteiger partial charge in [0.2, 0.25) is 5.91 Å². The van der Waals surface area contributed by atoms with Crippen LogP contribution in [-0.2, 0) is 4.79 Å². The Labute approximate surface area is 122 Å². The Bertz CT molecular complexity index is 662. The molecule has 0 unspecified atom stereocenters. The summed E-state index contributed by atoms with van der Waals surface area (Å²) in [6.45, 7) is 2.28. The molecule has 21 heavy (non-hydrogen) atoms. The van der Waals surface area contributed by atoms with Gasteiger partial charge in [0, 0.05) is 31.6 Å². The zero-order valence-electron chi connectivity index (χ0n) is 11.5. The number of aromatic nitrogens is 3. The molecule has 2 N–H and O–H groups in total. The van der Waals surface area contributed by atoms with Crippen molar-refractivity contribution in [2.75, 3.05) is 17.2 Å². The van der Waals surface area contributed by atoms with Crippen LogP contribution in [0.5, 0.6) is 0 Å². The highest BCUT2D eigenvalue weighted by atomic mass is 16.1. The van der Waals surface area contributed by atoms with Gasteiger partial charge in [-0.3, -0.25) is 4.79 Å². The lowest BCUT2D eigenvalue weighted by Crippen LogP contribution is -2.17. The largest absolute Gasteiger partial charge is 0.367 e. The van der Waals surface area contributed by atoms with E-state index < -0.39 is 0 Å². The number of carbonyl (C=O) groups excluding carboxylic acids is 1. The molecule has 0 saturated heterocycles. The van der Waals surface area contributed by atoms with Gasteiger partial charge >= 0.3 is 0 Å². The minimum absolute atomic E-state index is 0.166. The average molecular weight is 282 g/mol. The number of nitrogens with zero attached hydrogens (tertiary/aromatic N) is 4. The van der Waals surface area contributed by atoms with Crippen LogP contribution in [0.15, 0.2) is 30.7 Å². The SMILES string of the molecule is Cc1ccc(NC(=O)CCNc2nccnc2C#N)nc1. The van der Waals surface area contributed by atoms with Gasteiger partial charge < -0.3 is 10.6 Å². The number of aryl methyl sites for hydroxylation is 1. The van der Waals surface area contributed by atoms with Gasteiger partial charge in [0.1, 0.15) is 11.9 Å². The van der Waals surface area contributed by atoms with Gasteiger partial charge in [-0.05, 0) is 18.6 Å². The molecular formula is C14H14N6O. The van der Waals surface area contributed by atoms with Crippen LogP contribution in [0, 0.1) is 18.3 Å². The smallest absolute Gasteiger partial charge is 0.227 e. The molecule has 106 valence electrons. The summed E-state index contributed by atoms with van der Waals surface area (Å²) in [5, 5.41) is 14.5. The number of pyridine rings is 1. The van der Waals surface area contributed by atoms with Crippen LogP contribution in [0.25, 0.3) is 0 Å². The van der Waals surface area contributed by atoms with Crippen molar-refractivity contribution >= 4 is 17.5 Å². The van der Waals surface area contributed by atoms with E-state index in [1.807, 2.05) is 19.1 Å². The second-order valence-corrected chi connectivity index (χ2v) is 4.31. The monoisotopic (exact) mass is 282 g/mol. The highest BCUT2D eigenvalue weighted by Gasteiger charge is 2.06. The van der Waals surface area contributed by atoms with Gasteiger partial charge in [0.05, 0.1) is 0 Å². The van der Waals surface area contributed by atoms with Crippen molar-refractivity contribution < 1.29 is 4.79 Å². The lowest BCUT2D eigenvalue weighted by atomic mass is 10.3. The first-order valence-electron chi connectivity index (χ1n) is 6.36. The predicted octanol–water partition coefficient (Wildman–Crippen LogP) is 1.49. The molecule has 0 aromatic carbocycles. The third kappa shape index (κ3) is 4.24. The highest BCUT2D eigenvalue weighted by Crippen LogP contribution is 2.07. The van der Waals surface area contributed by atoms with E-state index in [1.165, 1.54) is 12.4 Å². The summed E-state index contributed by atoms with van der Waals surface area (Å²) in [5.74, 6) is 0.727. The molecule has 7 nitrogen and oxygen atoms in total. The first-order chi connectivity index (χ1) is 10.2. The summed E-state index contributed by atoms with van der Waals surface area (Å²) in [7, 11) is 0. The number of hydrogen-bond donors (Lipinski definition) is 2. The number of nitriles is 1. The zero-order chi connectivity index (χ0) is 15.1. The molecule has 1 amide bonds. The molecule has 0 saturated carbocycles. The molecule has 7 heteroatoms. The van der Waals surface area contributed by atoms with Crippen LogP contribution in [0.4, 0.5) is 11.6 Å². The van der Waals surface area contributed by atoms with Crippen molar-refractivity contribution in [1.29, 1.82) is 5.26 Å². The molecule has 0 spiro atoms. The second kappa shape index (κ2) is 6.96. The summed E-state index contributed by atoms with van der Waals surface area (Å²) in [6.07, 6.45) is 4.85. The van der Waals surface area contributed by atoms with E-state index in [1.54, 1.807) is 12.3 Å². The number of carbonyl (C=O) groups is 1. The van der Waals surface area contributed by atoms with Gasteiger partial charge in [-0.15, -0.1) is 0 Å². The molecule has 2 heterocycles. The summed E-state index contributed by atoms with van der Waals surface area (Å²) >= 11 is 0. The predicted molar refractivity (Wildman–Crippen MR) is 77.5 cm³/mol. The van der Waals surface area contributed by atoms with Gasteiger partial charge in [0.25, 0.3) is 0 Å². The van der Waals surface area contributed by atoms with Crippen molar-refractivity contribution in [3.63, 3.8) is 0 Å². The summed E-state index contributed by atoms with van der Waals surface area (Å²) in [6, 6.07) is 5.55. The van der Waals surface area contributed by atoms with Crippen LogP contribution in [0.2, 0.25) is 0 Å². The number of amides is 1. The Hall–Kier alpha value is -3.01. The second-order valence-electron chi connectivity index (χ2n) is 4.31. The fourth-order valence-electron chi connectivity index (χ4n) is 1.59. The lowest BCUT2D eigenvalue weighted by molar-refractivity contribution is -0.116. The number of hydrogen-bond acceptors (Lipinski definition) is 6. The fourth-order valence-corrected chi connectivity index (χ4v) is 1.59. The maximum atomic E-state index is 11.7. The van der Waals surface area contributed by atoms with Crippen molar-refractivity contribution in [2.45, 2.75) is 13.3 Å². The van der Waals surface area contributed by atoms with Gasteiger partial charge in [-0.1, -0.05) is 6.07 Å².